The Labute approximate surface area is 82.3 Å². The standard InChI is InChI=1S/C10H22OS/c1-5-7-10(12,6-2)11-8-9(3)4/h9,12H,5-8H2,1-4H3. The van der Waals surface area contributed by atoms with E-state index < -0.39 is 0 Å². The second-order valence-electron chi connectivity index (χ2n) is 3.75. The smallest absolute Gasteiger partial charge is 0.110 e. The summed E-state index contributed by atoms with van der Waals surface area (Å²) in [5.41, 5.74) is 0. The van der Waals surface area contributed by atoms with Gasteiger partial charge in [0.15, 0.2) is 0 Å². The molecule has 2 heteroatoms. The van der Waals surface area contributed by atoms with E-state index in [1.165, 1.54) is 0 Å². The highest BCUT2D eigenvalue weighted by Crippen LogP contribution is 2.27. The lowest BCUT2D eigenvalue weighted by atomic mass is 10.1. The minimum absolute atomic E-state index is 0.182. The zero-order valence-corrected chi connectivity index (χ0v) is 9.66. The number of ether oxygens (including phenoxy) is 1. The maximum atomic E-state index is 5.74. The highest BCUT2D eigenvalue weighted by atomic mass is 32.1. The second kappa shape index (κ2) is 5.87. The highest BCUT2D eigenvalue weighted by Gasteiger charge is 2.22. The van der Waals surface area contributed by atoms with Gasteiger partial charge in [-0.2, -0.15) is 0 Å². The summed E-state index contributed by atoms with van der Waals surface area (Å²) in [5, 5.41) is 0. The predicted octanol–water partition coefficient (Wildman–Crippen LogP) is 3.50. The van der Waals surface area contributed by atoms with Gasteiger partial charge in [-0.25, -0.2) is 0 Å². The molecule has 0 heterocycles. The first-order valence-corrected chi connectivity index (χ1v) is 5.35. The Kier molecular flexibility index (Phi) is 6.02. The molecule has 1 atom stereocenters. The van der Waals surface area contributed by atoms with E-state index in [1.807, 2.05) is 0 Å². The van der Waals surface area contributed by atoms with E-state index >= 15 is 0 Å². The Hall–Kier alpha value is 0.310. The third-order valence-corrected chi connectivity index (χ3v) is 2.55. The summed E-state index contributed by atoms with van der Waals surface area (Å²) in [6.07, 6.45) is 3.16. The molecule has 0 fully saturated rings. The van der Waals surface area contributed by atoms with Crippen LogP contribution in [0.25, 0.3) is 0 Å². The van der Waals surface area contributed by atoms with Crippen molar-refractivity contribution in [1.29, 1.82) is 0 Å². The van der Waals surface area contributed by atoms with Crippen LogP contribution in [0.15, 0.2) is 0 Å². The third kappa shape index (κ3) is 5.04. The van der Waals surface area contributed by atoms with Gasteiger partial charge in [0.05, 0.1) is 6.61 Å². The number of hydrogen-bond donors (Lipinski definition) is 1. The second-order valence-corrected chi connectivity index (χ2v) is 4.57. The van der Waals surface area contributed by atoms with Gasteiger partial charge in [0.2, 0.25) is 0 Å². The van der Waals surface area contributed by atoms with Gasteiger partial charge in [-0.15, -0.1) is 12.6 Å². The van der Waals surface area contributed by atoms with Crippen molar-refractivity contribution in [2.45, 2.75) is 51.9 Å². The van der Waals surface area contributed by atoms with Crippen LogP contribution in [0.4, 0.5) is 0 Å². The van der Waals surface area contributed by atoms with E-state index in [2.05, 4.69) is 40.3 Å². The van der Waals surface area contributed by atoms with Gasteiger partial charge < -0.3 is 4.74 Å². The monoisotopic (exact) mass is 190 g/mol. The summed E-state index contributed by atoms with van der Waals surface area (Å²) in [6, 6.07) is 0. The van der Waals surface area contributed by atoms with Crippen molar-refractivity contribution < 1.29 is 4.74 Å². The van der Waals surface area contributed by atoms with Gasteiger partial charge in [-0.1, -0.05) is 34.1 Å². The molecule has 0 N–H and O–H groups in total. The Morgan fingerprint density at radius 3 is 2.25 bits per heavy atom. The van der Waals surface area contributed by atoms with Crippen LogP contribution in [0.3, 0.4) is 0 Å². The van der Waals surface area contributed by atoms with Crippen molar-refractivity contribution in [3.63, 3.8) is 0 Å². The molecule has 0 saturated carbocycles. The molecule has 0 aromatic carbocycles. The summed E-state index contributed by atoms with van der Waals surface area (Å²) in [5.74, 6) is 0.597. The number of hydrogen-bond acceptors (Lipinski definition) is 2. The van der Waals surface area contributed by atoms with Crippen LogP contribution in [0, 0.1) is 5.92 Å². The lowest BCUT2D eigenvalue weighted by Crippen LogP contribution is -2.26. The molecule has 0 aromatic heterocycles. The molecule has 1 unspecified atom stereocenters. The maximum absolute atomic E-state index is 5.74. The van der Waals surface area contributed by atoms with E-state index in [1.54, 1.807) is 0 Å². The van der Waals surface area contributed by atoms with E-state index in [-0.39, 0.29) is 4.93 Å². The SMILES string of the molecule is CCCC(S)(CC)OCC(C)C. The first-order chi connectivity index (χ1) is 5.54. The zero-order chi connectivity index (χ0) is 9.61. The van der Waals surface area contributed by atoms with Crippen LogP contribution in [-0.2, 0) is 4.74 Å². The van der Waals surface area contributed by atoms with Crippen LogP contribution < -0.4 is 0 Å². The molecule has 0 bridgehead atoms. The lowest BCUT2D eigenvalue weighted by Gasteiger charge is -2.28. The largest absolute Gasteiger partial charge is 0.364 e. The fourth-order valence-corrected chi connectivity index (χ4v) is 1.36. The van der Waals surface area contributed by atoms with Crippen molar-refractivity contribution in [2.24, 2.45) is 5.92 Å². The normalized spacial score (nSPS) is 16.5. The third-order valence-electron chi connectivity index (χ3n) is 1.88. The summed E-state index contributed by atoms with van der Waals surface area (Å²) >= 11 is 4.55. The highest BCUT2D eigenvalue weighted by molar-refractivity contribution is 7.81. The number of rotatable bonds is 6. The average Bonchev–Trinajstić information content (AvgIpc) is 2.02. The van der Waals surface area contributed by atoms with Crippen molar-refractivity contribution in [2.75, 3.05) is 6.61 Å². The van der Waals surface area contributed by atoms with Gasteiger partial charge in [-0.3, -0.25) is 0 Å². The van der Waals surface area contributed by atoms with E-state index in [0.717, 1.165) is 25.9 Å². The van der Waals surface area contributed by atoms with Crippen LogP contribution in [0.1, 0.15) is 47.0 Å². The van der Waals surface area contributed by atoms with E-state index in [9.17, 15) is 0 Å². The van der Waals surface area contributed by atoms with Gasteiger partial charge >= 0.3 is 0 Å². The Morgan fingerprint density at radius 2 is 1.92 bits per heavy atom. The Balaban J connectivity index is 3.78. The molecular formula is C10H22OS. The molecule has 0 radical (unpaired) electrons. The van der Waals surface area contributed by atoms with Gasteiger partial charge in [0.25, 0.3) is 0 Å². The number of thiol groups is 1. The molecule has 0 aliphatic rings. The van der Waals surface area contributed by atoms with E-state index in [0.29, 0.717) is 5.92 Å². The fourth-order valence-electron chi connectivity index (χ4n) is 1.06. The molecule has 0 rings (SSSR count). The van der Waals surface area contributed by atoms with Crippen molar-refractivity contribution in [3.8, 4) is 0 Å². The fraction of sp³-hybridized carbons (Fsp3) is 1.00. The maximum Gasteiger partial charge on any atom is 0.110 e. The van der Waals surface area contributed by atoms with Crippen LogP contribution >= 0.6 is 12.6 Å². The summed E-state index contributed by atoms with van der Waals surface area (Å²) in [4.78, 5) is -0.182. The first kappa shape index (κ1) is 12.3. The van der Waals surface area contributed by atoms with Gasteiger partial charge in [0.1, 0.15) is 4.93 Å². The summed E-state index contributed by atoms with van der Waals surface area (Å²) in [6.45, 7) is 9.44. The summed E-state index contributed by atoms with van der Waals surface area (Å²) in [7, 11) is 0. The minimum atomic E-state index is -0.182. The lowest BCUT2D eigenvalue weighted by molar-refractivity contribution is 0.00339. The predicted molar refractivity (Wildman–Crippen MR) is 57.7 cm³/mol. The quantitative estimate of drug-likeness (QED) is 0.498. The molecule has 0 aromatic rings. The molecular weight excluding hydrogens is 168 g/mol. The van der Waals surface area contributed by atoms with Gasteiger partial charge in [-0.05, 0) is 18.8 Å². The molecule has 74 valence electrons. The van der Waals surface area contributed by atoms with Crippen molar-refractivity contribution in [3.05, 3.63) is 0 Å². The van der Waals surface area contributed by atoms with Crippen molar-refractivity contribution >= 4 is 12.6 Å². The molecule has 0 amide bonds. The van der Waals surface area contributed by atoms with Gasteiger partial charge in [0, 0.05) is 0 Å². The topological polar surface area (TPSA) is 9.23 Å². The van der Waals surface area contributed by atoms with Crippen molar-refractivity contribution in [1.82, 2.24) is 0 Å². The van der Waals surface area contributed by atoms with Crippen LogP contribution in [0.5, 0.6) is 0 Å². The van der Waals surface area contributed by atoms with Crippen LogP contribution in [-0.4, -0.2) is 11.5 Å². The minimum Gasteiger partial charge on any atom is -0.364 e. The molecule has 0 spiro atoms. The molecule has 12 heavy (non-hydrogen) atoms. The first-order valence-electron chi connectivity index (χ1n) is 4.90. The molecule has 0 aliphatic carbocycles. The summed E-state index contributed by atoms with van der Waals surface area (Å²) < 4.78 is 5.74. The van der Waals surface area contributed by atoms with Crippen LogP contribution in [0.2, 0.25) is 0 Å². The Bertz CT molecular complexity index is 114. The Morgan fingerprint density at radius 1 is 1.33 bits per heavy atom. The molecule has 0 aliphatic heterocycles. The van der Waals surface area contributed by atoms with E-state index in [4.69, 9.17) is 4.74 Å². The molecule has 1 nitrogen and oxygen atoms in total. The molecule has 0 saturated heterocycles. The average molecular weight is 190 g/mol. The zero-order valence-electron chi connectivity index (χ0n) is 8.76.